The molecule has 2 heterocycles. The summed E-state index contributed by atoms with van der Waals surface area (Å²) in [6, 6.07) is 0. The smallest absolute Gasteiger partial charge is 0.382 e. The van der Waals surface area contributed by atoms with Crippen LogP contribution in [0.25, 0.3) is 0 Å². The van der Waals surface area contributed by atoms with E-state index < -0.39 is 18.3 Å². The fourth-order valence-corrected chi connectivity index (χ4v) is 2.89. The van der Waals surface area contributed by atoms with Crippen LogP contribution in [0.1, 0.15) is 29.9 Å². The molecular formula is C15H22F3N3O3. The van der Waals surface area contributed by atoms with E-state index in [1.807, 2.05) is 13.8 Å². The Morgan fingerprint density at radius 3 is 2.75 bits per heavy atom. The number of hydrogen-bond acceptors (Lipinski definition) is 4. The number of aromatic nitrogens is 2. The Labute approximate surface area is 138 Å². The third-order valence-corrected chi connectivity index (χ3v) is 3.64. The molecule has 1 aliphatic heterocycles. The lowest BCUT2D eigenvalue weighted by atomic mass is 10.0. The SMILES string of the molecule is COC[C@@H]1CN(C(=O)c2cn(CC(F)(F)F)nc2C)CC(C)(C)O1. The second kappa shape index (κ2) is 6.72. The molecule has 0 saturated carbocycles. The predicted molar refractivity (Wildman–Crippen MR) is 79.8 cm³/mol. The first kappa shape index (κ1) is 18.7. The number of carbonyl (C=O) groups is 1. The van der Waals surface area contributed by atoms with Crippen molar-refractivity contribution in [2.45, 2.75) is 45.2 Å². The average Bonchev–Trinajstić information content (AvgIpc) is 2.74. The Bertz CT molecular complexity index is 599. The summed E-state index contributed by atoms with van der Waals surface area (Å²) in [5, 5.41) is 3.80. The zero-order valence-corrected chi connectivity index (χ0v) is 14.2. The van der Waals surface area contributed by atoms with Crippen molar-refractivity contribution in [1.29, 1.82) is 0 Å². The summed E-state index contributed by atoms with van der Waals surface area (Å²) in [7, 11) is 1.54. The van der Waals surface area contributed by atoms with Gasteiger partial charge in [0, 0.05) is 26.4 Å². The van der Waals surface area contributed by atoms with Crippen molar-refractivity contribution in [3.63, 3.8) is 0 Å². The minimum Gasteiger partial charge on any atom is -0.382 e. The summed E-state index contributed by atoms with van der Waals surface area (Å²) in [6.45, 7) is 5.01. The van der Waals surface area contributed by atoms with Crippen LogP contribution in [0.3, 0.4) is 0 Å². The average molecular weight is 349 g/mol. The van der Waals surface area contributed by atoms with Gasteiger partial charge in [-0.1, -0.05) is 0 Å². The van der Waals surface area contributed by atoms with Crippen molar-refractivity contribution >= 4 is 5.91 Å². The van der Waals surface area contributed by atoms with Gasteiger partial charge in [0.05, 0.1) is 29.6 Å². The van der Waals surface area contributed by atoms with Crippen molar-refractivity contribution in [3.8, 4) is 0 Å². The molecule has 9 heteroatoms. The van der Waals surface area contributed by atoms with Crippen LogP contribution < -0.4 is 0 Å². The Hall–Kier alpha value is -1.61. The molecule has 1 aromatic rings. The van der Waals surface area contributed by atoms with E-state index in [0.717, 1.165) is 10.9 Å². The Kier molecular flexibility index (Phi) is 5.24. The first-order valence-corrected chi connectivity index (χ1v) is 7.57. The molecule has 1 saturated heterocycles. The zero-order chi connectivity index (χ0) is 18.1. The van der Waals surface area contributed by atoms with Crippen LogP contribution in [-0.4, -0.2) is 65.3 Å². The van der Waals surface area contributed by atoms with Crippen LogP contribution in [0.2, 0.25) is 0 Å². The fraction of sp³-hybridized carbons (Fsp3) is 0.733. The molecule has 6 nitrogen and oxygen atoms in total. The number of alkyl halides is 3. The van der Waals surface area contributed by atoms with Gasteiger partial charge < -0.3 is 14.4 Å². The quantitative estimate of drug-likeness (QED) is 0.835. The maximum atomic E-state index is 12.7. The molecule has 1 aliphatic rings. The highest BCUT2D eigenvalue weighted by Crippen LogP contribution is 2.24. The van der Waals surface area contributed by atoms with Gasteiger partial charge in [-0.05, 0) is 20.8 Å². The second-order valence-corrected chi connectivity index (χ2v) is 6.58. The molecule has 0 N–H and O–H groups in total. The van der Waals surface area contributed by atoms with E-state index in [0.29, 0.717) is 19.7 Å². The maximum Gasteiger partial charge on any atom is 0.408 e. The molecule has 1 fully saturated rings. The molecule has 1 amide bonds. The minimum absolute atomic E-state index is 0.174. The number of hydrogen-bond donors (Lipinski definition) is 0. The van der Waals surface area contributed by atoms with Crippen LogP contribution in [0.5, 0.6) is 0 Å². The largest absolute Gasteiger partial charge is 0.408 e. The summed E-state index contributed by atoms with van der Waals surface area (Å²) in [5.41, 5.74) is -0.113. The summed E-state index contributed by atoms with van der Waals surface area (Å²) in [6.07, 6.45) is -3.52. The number of morpholine rings is 1. The van der Waals surface area contributed by atoms with Gasteiger partial charge in [0.15, 0.2) is 0 Å². The first-order valence-electron chi connectivity index (χ1n) is 7.57. The summed E-state index contributed by atoms with van der Waals surface area (Å²) in [5.74, 6) is -0.349. The van der Waals surface area contributed by atoms with Crippen molar-refractivity contribution in [3.05, 3.63) is 17.5 Å². The van der Waals surface area contributed by atoms with Crippen LogP contribution >= 0.6 is 0 Å². The summed E-state index contributed by atoms with van der Waals surface area (Å²) in [4.78, 5) is 14.3. The third-order valence-electron chi connectivity index (χ3n) is 3.64. The van der Waals surface area contributed by atoms with Gasteiger partial charge in [0.2, 0.25) is 0 Å². The number of halogens is 3. The van der Waals surface area contributed by atoms with Crippen LogP contribution in [0.4, 0.5) is 13.2 Å². The Morgan fingerprint density at radius 2 is 2.17 bits per heavy atom. The Morgan fingerprint density at radius 1 is 1.50 bits per heavy atom. The summed E-state index contributed by atoms with van der Waals surface area (Å²) >= 11 is 0. The number of ether oxygens (including phenoxy) is 2. The molecule has 0 aliphatic carbocycles. The molecule has 0 bridgehead atoms. The second-order valence-electron chi connectivity index (χ2n) is 6.58. The summed E-state index contributed by atoms with van der Waals surface area (Å²) < 4.78 is 49.1. The number of rotatable bonds is 4. The van der Waals surface area contributed by atoms with Gasteiger partial charge in [-0.15, -0.1) is 0 Å². The molecule has 24 heavy (non-hydrogen) atoms. The lowest BCUT2D eigenvalue weighted by Crippen LogP contribution is -2.55. The molecule has 136 valence electrons. The van der Waals surface area contributed by atoms with Gasteiger partial charge in [-0.3, -0.25) is 9.48 Å². The normalized spacial score (nSPS) is 21.1. The molecule has 1 aromatic heterocycles. The maximum absolute atomic E-state index is 12.7. The first-order chi connectivity index (χ1) is 11.0. The van der Waals surface area contributed by atoms with Crippen LogP contribution in [0, 0.1) is 6.92 Å². The number of aryl methyl sites for hydroxylation is 1. The van der Waals surface area contributed by atoms with Crippen molar-refractivity contribution in [1.82, 2.24) is 14.7 Å². The molecule has 2 rings (SSSR count). The lowest BCUT2D eigenvalue weighted by molar-refractivity contribution is -0.143. The molecular weight excluding hydrogens is 327 g/mol. The highest BCUT2D eigenvalue weighted by atomic mass is 19.4. The number of nitrogens with zero attached hydrogens (tertiary/aromatic N) is 3. The molecule has 1 atom stereocenters. The van der Waals surface area contributed by atoms with Gasteiger partial charge in [-0.25, -0.2) is 0 Å². The number of methoxy groups -OCH3 is 1. The molecule has 0 radical (unpaired) electrons. The van der Waals surface area contributed by atoms with Gasteiger partial charge in [0.25, 0.3) is 5.91 Å². The fourth-order valence-electron chi connectivity index (χ4n) is 2.89. The highest BCUT2D eigenvalue weighted by molar-refractivity contribution is 5.95. The Balaban J connectivity index is 2.18. The van der Waals surface area contributed by atoms with Crippen LogP contribution in [-0.2, 0) is 16.0 Å². The minimum atomic E-state index is -4.39. The predicted octanol–water partition coefficient (Wildman–Crippen LogP) is 2.02. The number of carbonyl (C=O) groups excluding carboxylic acids is 1. The van der Waals surface area contributed by atoms with E-state index in [4.69, 9.17) is 9.47 Å². The molecule has 0 spiro atoms. The van der Waals surface area contributed by atoms with Crippen molar-refractivity contribution < 1.29 is 27.4 Å². The van der Waals surface area contributed by atoms with Gasteiger partial charge in [-0.2, -0.15) is 18.3 Å². The molecule has 0 unspecified atom stereocenters. The van der Waals surface area contributed by atoms with E-state index in [9.17, 15) is 18.0 Å². The molecule has 0 aromatic carbocycles. The van der Waals surface area contributed by atoms with E-state index >= 15 is 0 Å². The zero-order valence-electron chi connectivity index (χ0n) is 14.2. The van der Waals surface area contributed by atoms with E-state index in [1.54, 1.807) is 12.0 Å². The van der Waals surface area contributed by atoms with E-state index in [1.165, 1.54) is 6.92 Å². The van der Waals surface area contributed by atoms with Crippen LogP contribution in [0.15, 0.2) is 6.20 Å². The van der Waals surface area contributed by atoms with Crippen molar-refractivity contribution in [2.75, 3.05) is 26.8 Å². The highest BCUT2D eigenvalue weighted by Gasteiger charge is 2.37. The standard InChI is InChI=1S/C15H22F3N3O3/c1-10-12(6-21(19-10)9-15(16,17)18)13(22)20-5-11(7-23-4)24-14(2,3)8-20/h6,11H,5,7-9H2,1-4H3/t11-/m0/s1. The van der Waals surface area contributed by atoms with Crippen molar-refractivity contribution in [2.24, 2.45) is 0 Å². The lowest BCUT2D eigenvalue weighted by Gasteiger charge is -2.42. The monoisotopic (exact) mass is 349 g/mol. The van der Waals surface area contributed by atoms with Gasteiger partial charge in [0.1, 0.15) is 6.54 Å². The van der Waals surface area contributed by atoms with Gasteiger partial charge >= 0.3 is 6.18 Å². The third kappa shape index (κ3) is 4.70. The van der Waals surface area contributed by atoms with E-state index in [-0.39, 0.29) is 23.3 Å². The van der Waals surface area contributed by atoms with E-state index in [2.05, 4.69) is 5.10 Å². The number of amides is 1. The topological polar surface area (TPSA) is 56.6 Å².